The van der Waals surface area contributed by atoms with Crippen LogP contribution in [0.15, 0.2) is 108 Å². The summed E-state index contributed by atoms with van der Waals surface area (Å²) in [5, 5.41) is 5.64. The van der Waals surface area contributed by atoms with Crippen molar-refractivity contribution in [3.05, 3.63) is 125 Å². The Hall–Kier alpha value is -3.80. The maximum absolute atomic E-state index is 12.1. The molecule has 5 heteroatoms. The third-order valence-corrected chi connectivity index (χ3v) is 7.61. The van der Waals surface area contributed by atoms with Crippen LogP contribution in [-0.4, -0.2) is 18.8 Å². The van der Waals surface area contributed by atoms with Crippen molar-refractivity contribution in [1.82, 2.24) is 0 Å². The Morgan fingerprint density at radius 2 is 1.31 bits per heavy atom. The monoisotopic (exact) mass is 494 g/mol. The van der Waals surface area contributed by atoms with Crippen molar-refractivity contribution in [2.75, 3.05) is 0 Å². The van der Waals surface area contributed by atoms with Gasteiger partial charge in [-0.15, -0.1) is 0 Å². The quantitative estimate of drug-likeness (QED) is 0.166. The van der Waals surface area contributed by atoms with E-state index in [4.69, 9.17) is 4.55 Å². The fourth-order valence-corrected chi connectivity index (χ4v) is 5.66. The average molecular weight is 495 g/mol. The third-order valence-electron chi connectivity index (χ3n) is 6.70. The lowest BCUT2D eigenvalue weighted by Gasteiger charge is -2.18. The molecular formula is C31H26O4S. The molecule has 0 bridgehead atoms. The number of ketones is 1. The van der Waals surface area contributed by atoms with E-state index in [1.807, 2.05) is 0 Å². The molecule has 180 valence electrons. The highest BCUT2D eigenvalue weighted by molar-refractivity contribution is 7.86. The largest absolute Gasteiger partial charge is 0.295 e. The summed E-state index contributed by atoms with van der Waals surface area (Å²) in [5.74, 6) is -0.441. The van der Waals surface area contributed by atoms with Gasteiger partial charge in [0.2, 0.25) is 0 Å². The Bertz CT molecular complexity index is 1670. The number of carbonyl (C=O) groups excluding carboxylic acids is 1. The molecule has 0 aliphatic heterocycles. The van der Waals surface area contributed by atoms with Gasteiger partial charge in [-0.3, -0.25) is 9.35 Å². The molecule has 5 aromatic rings. The first-order valence-electron chi connectivity index (χ1n) is 12.0. The van der Waals surface area contributed by atoms with Crippen molar-refractivity contribution in [2.45, 2.75) is 30.6 Å². The molecule has 0 radical (unpaired) electrons. The van der Waals surface area contributed by atoms with Crippen LogP contribution in [0.25, 0.3) is 21.5 Å². The molecule has 1 aliphatic rings. The van der Waals surface area contributed by atoms with Crippen LogP contribution >= 0.6 is 0 Å². The van der Waals surface area contributed by atoms with Gasteiger partial charge in [0, 0.05) is 11.1 Å². The first kappa shape index (κ1) is 23.9. The summed E-state index contributed by atoms with van der Waals surface area (Å²) >= 11 is 0. The minimum atomic E-state index is -4.41. The number of hydrogen-bond acceptors (Lipinski definition) is 3. The van der Waals surface area contributed by atoms with Crippen molar-refractivity contribution < 1.29 is 17.8 Å². The molecule has 0 heterocycles. The fourth-order valence-electron chi connectivity index (χ4n) is 4.97. The molecule has 4 nitrogen and oxygen atoms in total. The maximum atomic E-state index is 12.1. The number of hydrogen-bond donors (Lipinski definition) is 1. The first-order chi connectivity index (χ1) is 17.4. The summed E-state index contributed by atoms with van der Waals surface area (Å²) < 4.78 is 31.5. The van der Waals surface area contributed by atoms with E-state index in [0.29, 0.717) is 5.56 Å². The average Bonchev–Trinajstić information content (AvgIpc) is 2.92. The van der Waals surface area contributed by atoms with Crippen LogP contribution in [0.3, 0.4) is 0 Å². The van der Waals surface area contributed by atoms with Crippen LogP contribution in [0.1, 0.15) is 39.9 Å². The molecule has 5 aromatic carbocycles. The van der Waals surface area contributed by atoms with Crippen LogP contribution < -0.4 is 0 Å². The fraction of sp³-hybridized carbons (Fsp3) is 0.129. The van der Waals surface area contributed by atoms with Gasteiger partial charge in [-0.25, -0.2) is 0 Å². The summed E-state index contributed by atoms with van der Waals surface area (Å²) in [6.07, 6.45) is 5.22. The van der Waals surface area contributed by atoms with Crippen LogP contribution in [0.2, 0.25) is 0 Å². The molecule has 0 spiro atoms. The van der Waals surface area contributed by atoms with E-state index in [1.54, 1.807) is 47.5 Å². The van der Waals surface area contributed by atoms with E-state index in [9.17, 15) is 13.2 Å². The minimum Gasteiger partial charge on any atom is -0.289 e. The topological polar surface area (TPSA) is 71.4 Å². The second-order valence-corrected chi connectivity index (χ2v) is 10.3. The van der Waals surface area contributed by atoms with Crippen LogP contribution in [0.4, 0.5) is 0 Å². The second kappa shape index (κ2) is 10.1. The van der Waals surface area contributed by atoms with Gasteiger partial charge in [0.1, 0.15) is 4.90 Å². The molecule has 1 N–H and O–H groups in total. The van der Waals surface area contributed by atoms with Crippen molar-refractivity contribution in [3.63, 3.8) is 0 Å². The van der Waals surface area contributed by atoms with Gasteiger partial charge in [0.25, 0.3) is 10.1 Å². The zero-order chi connectivity index (χ0) is 25.1. The van der Waals surface area contributed by atoms with Gasteiger partial charge in [0.15, 0.2) is 5.78 Å². The van der Waals surface area contributed by atoms with E-state index >= 15 is 0 Å². The predicted octanol–water partition coefficient (Wildman–Crippen LogP) is 7.04. The Morgan fingerprint density at radius 3 is 2.11 bits per heavy atom. The van der Waals surface area contributed by atoms with E-state index in [1.165, 1.54) is 65.4 Å². The van der Waals surface area contributed by atoms with E-state index in [-0.39, 0.29) is 10.5 Å². The third kappa shape index (κ3) is 4.81. The molecule has 6 rings (SSSR count). The van der Waals surface area contributed by atoms with Crippen molar-refractivity contribution in [2.24, 2.45) is 0 Å². The Balaban J connectivity index is 0.000000148. The summed E-state index contributed by atoms with van der Waals surface area (Å²) in [6.45, 7) is 0. The first-order valence-corrected chi connectivity index (χ1v) is 13.5. The molecule has 1 aliphatic carbocycles. The standard InChI is InChI=1S/C18H16.C13H10O4S/c1-3-7-15-13(5-1)9-11-18-16-8-4-2-6-14(16)10-12-17(15)18;14-13(10-6-2-1-3-7-10)11-8-4-5-9-12(11)18(15,16)17/h1,3,5,7,9-12H,2,4,6,8H2;1-9H,(H,15,16,17). The molecule has 0 fully saturated rings. The number of fused-ring (bicyclic) bond motifs is 5. The highest BCUT2D eigenvalue weighted by Crippen LogP contribution is 2.33. The van der Waals surface area contributed by atoms with Gasteiger partial charge in [-0.1, -0.05) is 91.0 Å². The lowest BCUT2D eigenvalue weighted by Crippen LogP contribution is -2.09. The van der Waals surface area contributed by atoms with Crippen LogP contribution in [0, 0.1) is 0 Å². The highest BCUT2D eigenvalue weighted by Gasteiger charge is 2.20. The number of carbonyl (C=O) groups is 1. The van der Waals surface area contributed by atoms with Crippen LogP contribution in [-0.2, 0) is 23.0 Å². The molecular weight excluding hydrogens is 468 g/mol. The normalized spacial score (nSPS) is 13.0. The van der Waals surface area contributed by atoms with Gasteiger partial charge >= 0.3 is 0 Å². The van der Waals surface area contributed by atoms with Crippen molar-refractivity contribution >= 4 is 37.4 Å². The summed E-state index contributed by atoms with van der Waals surface area (Å²) in [4.78, 5) is 11.8. The maximum Gasteiger partial charge on any atom is 0.295 e. The Morgan fingerprint density at radius 1 is 0.639 bits per heavy atom. The Labute approximate surface area is 211 Å². The van der Waals surface area contributed by atoms with Gasteiger partial charge in [-0.2, -0.15) is 8.42 Å². The number of aryl methyl sites for hydroxylation is 2. The highest BCUT2D eigenvalue weighted by atomic mass is 32.2. The molecule has 0 atom stereocenters. The molecule has 0 unspecified atom stereocenters. The summed E-state index contributed by atoms with van der Waals surface area (Å²) in [5.41, 5.74) is 3.51. The van der Waals surface area contributed by atoms with Crippen LogP contribution in [0.5, 0.6) is 0 Å². The lowest BCUT2D eigenvalue weighted by molar-refractivity contribution is 0.103. The van der Waals surface area contributed by atoms with Gasteiger partial charge in [0.05, 0.1) is 0 Å². The summed E-state index contributed by atoms with van der Waals surface area (Å²) in [7, 11) is -4.41. The Kier molecular flexibility index (Phi) is 6.68. The van der Waals surface area contributed by atoms with Gasteiger partial charge in [-0.05, 0) is 70.5 Å². The number of rotatable bonds is 3. The van der Waals surface area contributed by atoms with Gasteiger partial charge < -0.3 is 0 Å². The van der Waals surface area contributed by atoms with Crippen molar-refractivity contribution in [3.8, 4) is 0 Å². The smallest absolute Gasteiger partial charge is 0.289 e. The van der Waals surface area contributed by atoms with E-state index in [2.05, 4.69) is 48.5 Å². The van der Waals surface area contributed by atoms with E-state index in [0.717, 1.165) is 0 Å². The minimum absolute atomic E-state index is 0.0359. The number of benzene rings is 5. The molecule has 0 saturated carbocycles. The molecule has 36 heavy (non-hydrogen) atoms. The van der Waals surface area contributed by atoms with Crippen molar-refractivity contribution in [1.29, 1.82) is 0 Å². The molecule has 0 aromatic heterocycles. The molecule has 0 saturated heterocycles. The predicted molar refractivity (Wildman–Crippen MR) is 144 cm³/mol. The SMILES string of the molecule is O=C(c1ccccc1)c1ccccc1S(=O)(=O)O.c1ccc2c(c1)ccc1c3c(ccc12)CCCC3. The zero-order valence-corrected chi connectivity index (χ0v) is 20.5. The summed E-state index contributed by atoms with van der Waals surface area (Å²) in [6, 6.07) is 31.8. The van der Waals surface area contributed by atoms with E-state index < -0.39 is 15.9 Å². The molecule has 0 amide bonds. The zero-order valence-electron chi connectivity index (χ0n) is 19.7. The lowest BCUT2D eigenvalue weighted by atomic mass is 9.86. The second-order valence-electron chi connectivity index (χ2n) is 8.96.